The Kier molecular flexibility index (Phi) is 4.13. The van der Waals surface area contributed by atoms with Crippen LogP contribution < -0.4 is 10.6 Å². The van der Waals surface area contributed by atoms with Crippen LogP contribution in [0.3, 0.4) is 0 Å². The van der Waals surface area contributed by atoms with Crippen LogP contribution >= 0.6 is 0 Å². The van der Waals surface area contributed by atoms with Crippen LogP contribution in [0.2, 0.25) is 0 Å². The van der Waals surface area contributed by atoms with Crippen LogP contribution in [-0.2, 0) is 11.3 Å². The van der Waals surface area contributed by atoms with Gasteiger partial charge in [-0.15, -0.1) is 0 Å². The average molecular weight is 255 g/mol. The Bertz CT molecular complexity index is 564. The standard InChI is InChI=1S/C15H17N3O/c1-11-6-7-13(9-16-11)10-17-14-4-3-5-15(8-14)18-12(2)19/h3-9,17H,10H2,1-2H3,(H,18,19). The van der Waals surface area contributed by atoms with E-state index in [0.717, 1.165) is 22.6 Å². The van der Waals surface area contributed by atoms with Crippen LogP contribution in [0.15, 0.2) is 42.6 Å². The first-order valence-corrected chi connectivity index (χ1v) is 6.16. The van der Waals surface area contributed by atoms with Crippen LogP contribution in [0.25, 0.3) is 0 Å². The molecule has 0 saturated heterocycles. The van der Waals surface area contributed by atoms with E-state index in [1.165, 1.54) is 6.92 Å². The third-order valence-corrected chi connectivity index (χ3v) is 2.65. The van der Waals surface area contributed by atoms with Gasteiger partial charge in [-0.25, -0.2) is 0 Å². The van der Waals surface area contributed by atoms with Gasteiger partial charge in [0.1, 0.15) is 0 Å². The van der Waals surface area contributed by atoms with Crippen molar-refractivity contribution < 1.29 is 4.79 Å². The third-order valence-electron chi connectivity index (χ3n) is 2.65. The van der Waals surface area contributed by atoms with Gasteiger partial charge in [-0.2, -0.15) is 0 Å². The molecule has 0 saturated carbocycles. The highest BCUT2D eigenvalue weighted by Crippen LogP contribution is 2.15. The number of carbonyl (C=O) groups excluding carboxylic acids is 1. The van der Waals surface area contributed by atoms with E-state index in [2.05, 4.69) is 15.6 Å². The van der Waals surface area contributed by atoms with E-state index in [0.29, 0.717) is 6.54 Å². The maximum Gasteiger partial charge on any atom is 0.221 e. The number of pyridine rings is 1. The molecule has 1 amide bonds. The SMILES string of the molecule is CC(=O)Nc1cccc(NCc2ccc(C)nc2)c1. The van der Waals surface area contributed by atoms with Crippen LogP contribution in [0.5, 0.6) is 0 Å². The lowest BCUT2D eigenvalue weighted by Crippen LogP contribution is -2.06. The van der Waals surface area contributed by atoms with Crippen molar-refractivity contribution in [2.75, 3.05) is 10.6 Å². The smallest absolute Gasteiger partial charge is 0.221 e. The lowest BCUT2D eigenvalue weighted by molar-refractivity contribution is -0.114. The molecule has 98 valence electrons. The number of hydrogen-bond donors (Lipinski definition) is 2. The third kappa shape index (κ3) is 4.10. The minimum Gasteiger partial charge on any atom is -0.381 e. The Labute approximate surface area is 112 Å². The molecule has 1 aromatic heterocycles. The van der Waals surface area contributed by atoms with E-state index < -0.39 is 0 Å². The van der Waals surface area contributed by atoms with E-state index in [1.807, 2.05) is 49.5 Å². The first-order chi connectivity index (χ1) is 9.13. The van der Waals surface area contributed by atoms with E-state index in [9.17, 15) is 4.79 Å². The number of aromatic nitrogens is 1. The van der Waals surface area contributed by atoms with Gasteiger partial charge in [-0.05, 0) is 36.8 Å². The van der Waals surface area contributed by atoms with E-state index in [4.69, 9.17) is 0 Å². The van der Waals surface area contributed by atoms with Crippen molar-refractivity contribution >= 4 is 17.3 Å². The number of aryl methyl sites for hydroxylation is 1. The van der Waals surface area contributed by atoms with Gasteiger partial charge in [-0.1, -0.05) is 12.1 Å². The van der Waals surface area contributed by atoms with Gasteiger partial charge >= 0.3 is 0 Å². The fourth-order valence-corrected chi connectivity index (χ4v) is 1.72. The highest BCUT2D eigenvalue weighted by atomic mass is 16.1. The molecule has 2 N–H and O–H groups in total. The van der Waals surface area contributed by atoms with E-state index in [1.54, 1.807) is 0 Å². The highest BCUT2D eigenvalue weighted by molar-refractivity contribution is 5.89. The van der Waals surface area contributed by atoms with Crippen molar-refractivity contribution in [2.45, 2.75) is 20.4 Å². The second-order valence-corrected chi connectivity index (χ2v) is 4.42. The molecule has 1 heterocycles. The minimum absolute atomic E-state index is 0.0696. The van der Waals surface area contributed by atoms with E-state index in [-0.39, 0.29) is 5.91 Å². The maximum atomic E-state index is 11.0. The lowest BCUT2D eigenvalue weighted by Gasteiger charge is -2.08. The van der Waals surface area contributed by atoms with Gasteiger partial charge in [0.15, 0.2) is 0 Å². The Morgan fingerprint density at radius 2 is 2.00 bits per heavy atom. The quantitative estimate of drug-likeness (QED) is 0.883. The molecule has 2 rings (SSSR count). The number of nitrogens with zero attached hydrogens (tertiary/aromatic N) is 1. The molecule has 0 aliphatic rings. The normalized spacial score (nSPS) is 10.0. The van der Waals surface area contributed by atoms with Gasteiger partial charge in [0, 0.05) is 36.7 Å². The fourth-order valence-electron chi connectivity index (χ4n) is 1.72. The van der Waals surface area contributed by atoms with Crippen molar-refractivity contribution in [2.24, 2.45) is 0 Å². The van der Waals surface area contributed by atoms with Crippen molar-refractivity contribution in [1.82, 2.24) is 4.98 Å². The number of amides is 1. The topological polar surface area (TPSA) is 54.0 Å². The first kappa shape index (κ1) is 13.1. The molecule has 19 heavy (non-hydrogen) atoms. The number of carbonyl (C=O) groups is 1. The Hall–Kier alpha value is -2.36. The molecule has 0 spiro atoms. The molecular weight excluding hydrogens is 238 g/mol. The summed E-state index contributed by atoms with van der Waals surface area (Å²) in [6, 6.07) is 11.7. The zero-order chi connectivity index (χ0) is 13.7. The van der Waals surface area contributed by atoms with Crippen molar-refractivity contribution in [3.05, 3.63) is 53.9 Å². The Morgan fingerprint density at radius 1 is 1.21 bits per heavy atom. The van der Waals surface area contributed by atoms with Crippen molar-refractivity contribution in [3.8, 4) is 0 Å². The van der Waals surface area contributed by atoms with Crippen LogP contribution in [0, 0.1) is 6.92 Å². The highest BCUT2D eigenvalue weighted by Gasteiger charge is 1.98. The molecule has 0 bridgehead atoms. The van der Waals surface area contributed by atoms with Crippen LogP contribution in [0.1, 0.15) is 18.2 Å². The van der Waals surface area contributed by atoms with Gasteiger partial charge in [0.05, 0.1) is 0 Å². The summed E-state index contributed by atoms with van der Waals surface area (Å²) in [5, 5.41) is 6.06. The summed E-state index contributed by atoms with van der Waals surface area (Å²) in [5.74, 6) is -0.0696. The molecule has 1 aromatic carbocycles. The summed E-state index contributed by atoms with van der Waals surface area (Å²) in [6.07, 6.45) is 1.86. The summed E-state index contributed by atoms with van der Waals surface area (Å²) < 4.78 is 0. The average Bonchev–Trinajstić information content (AvgIpc) is 2.38. The van der Waals surface area contributed by atoms with Gasteiger partial charge < -0.3 is 10.6 Å². The van der Waals surface area contributed by atoms with Crippen LogP contribution in [-0.4, -0.2) is 10.9 Å². The first-order valence-electron chi connectivity index (χ1n) is 6.16. The number of hydrogen-bond acceptors (Lipinski definition) is 3. The van der Waals surface area contributed by atoms with Gasteiger partial charge in [0.25, 0.3) is 0 Å². The van der Waals surface area contributed by atoms with Gasteiger partial charge in [0.2, 0.25) is 5.91 Å². The summed E-state index contributed by atoms with van der Waals surface area (Å²) in [4.78, 5) is 15.2. The summed E-state index contributed by atoms with van der Waals surface area (Å²) in [6.45, 7) is 4.17. The molecule has 4 heteroatoms. The summed E-state index contributed by atoms with van der Waals surface area (Å²) in [5.41, 5.74) is 3.89. The molecule has 0 fully saturated rings. The molecule has 0 aliphatic carbocycles. The van der Waals surface area contributed by atoms with Crippen molar-refractivity contribution in [3.63, 3.8) is 0 Å². The zero-order valence-corrected chi connectivity index (χ0v) is 11.1. The van der Waals surface area contributed by atoms with E-state index >= 15 is 0 Å². The maximum absolute atomic E-state index is 11.0. The second kappa shape index (κ2) is 6.00. The molecule has 0 unspecified atom stereocenters. The monoisotopic (exact) mass is 255 g/mol. The molecule has 0 atom stereocenters. The molecule has 0 aliphatic heterocycles. The Balaban J connectivity index is 1.99. The second-order valence-electron chi connectivity index (χ2n) is 4.42. The van der Waals surface area contributed by atoms with Gasteiger partial charge in [-0.3, -0.25) is 9.78 Å². The molecule has 2 aromatic rings. The number of nitrogens with one attached hydrogen (secondary N) is 2. The van der Waals surface area contributed by atoms with Crippen LogP contribution in [0.4, 0.5) is 11.4 Å². The van der Waals surface area contributed by atoms with Crippen molar-refractivity contribution in [1.29, 1.82) is 0 Å². The summed E-state index contributed by atoms with van der Waals surface area (Å²) in [7, 11) is 0. The molecular formula is C15H17N3O. The largest absolute Gasteiger partial charge is 0.381 e. The predicted octanol–water partition coefficient (Wildman–Crippen LogP) is 2.96. The Morgan fingerprint density at radius 3 is 2.68 bits per heavy atom. The molecule has 4 nitrogen and oxygen atoms in total. The summed E-state index contributed by atoms with van der Waals surface area (Å²) >= 11 is 0. The number of anilines is 2. The number of rotatable bonds is 4. The molecule has 0 radical (unpaired) electrons. The lowest BCUT2D eigenvalue weighted by atomic mass is 10.2. The minimum atomic E-state index is -0.0696. The predicted molar refractivity (Wildman–Crippen MR) is 77.0 cm³/mol. The fraction of sp³-hybridized carbons (Fsp3) is 0.200. The number of benzene rings is 1. The zero-order valence-electron chi connectivity index (χ0n) is 11.1.